The van der Waals surface area contributed by atoms with E-state index in [1.54, 1.807) is 7.11 Å². The van der Waals surface area contributed by atoms with E-state index in [0.717, 1.165) is 19.8 Å². The summed E-state index contributed by atoms with van der Waals surface area (Å²) in [5, 5.41) is 0. The molecule has 3 nitrogen and oxygen atoms in total. The molecule has 0 amide bonds. The van der Waals surface area contributed by atoms with Crippen LogP contribution in [0.25, 0.3) is 0 Å². The molecule has 0 heterocycles. The van der Waals surface area contributed by atoms with Crippen molar-refractivity contribution < 1.29 is 9.47 Å². The molecule has 0 unspecified atom stereocenters. The number of rotatable bonds is 7. The quantitative estimate of drug-likeness (QED) is 0.410. The molecule has 0 radical (unpaired) electrons. The Labute approximate surface area is 69.3 Å². The van der Waals surface area contributed by atoms with Gasteiger partial charge in [-0.05, 0) is 13.1 Å². The molecule has 0 aromatic heterocycles. The minimum absolute atomic E-state index is 0.682. The van der Waals surface area contributed by atoms with Gasteiger partial charge in [-0.2, -0.15) is 0 Å². The van der Waals surface area contributed by atoms with Crippen molar-refractivity contribution in [2.24, 2.45) is 0 Å². The monoisotopic (exact) mass is 161 g/mol. The van der Waals surface area contributed by atoms with Gasteiger partial charge in [-0.25, -0.2) is 0 Å². The highest BCUT2D eigenvalue weighted by atomic mass is 16.5. The number of nitrogens with zero attached hydrogens (tertiary/aromatic N) is 1. The molecule has 0 aliphatic carbocycles. The molecule has 0 fully saturated rings. The largest absolute Gasteiger partial charge is 0.382 e. The molecular weight excluding hydrogens is 142 g/mol. The molecule has 0 saturated heterocycles. The lowest BCUT2D eigenvalue weighted by Crippen LogP contribution is -2.26. The van der Waals surface area contributed by atoms with Gasteiger partial charge < -0.3 is 9.47 Å². The minimum atomic E-state index is 0.682. The first-order valence-electron chi connectivity index (χ1n) is 4.14. The smallest absolute Gasteiger partial charge is 0.0991 e. The summed E-state index contributed by atoms with van der Waals surface area (Å²) in [5.74, 6) is 0. The molecule has 0 aromatic carbocycles. The van der Waals surface area contributed by atoms with Crippen molar-refractivity contribution in [1.29, 1.82) is 0 Å². The van der Waals surface area contributed by atoms with Crippen molar-refractivity contribution in [3.8, 4) is 0 Å². The second kappa shape index (κ2) is 7.98. The molecule has 68 valence electrons. The maximum atomic E-state index is 5.32. The summed E-state index contributed by atoms with van der Waals surface area (Å²) in [6, 6.07) is 0. The summed E-state index contributed by atoms with van der Waals surface area (Å²) >= 11 is 0. The van der Waals surface area contributed by atoms with E-state index in [2.05, 4.69) is 18.7 Å². The van der Waals surface area contributed by atoms with Crippen molar-refractivity contribution in [1.82, 2.24) is 4.90 Å². The second-order valence-corrected chi connectivity index (χ2v) is 2.33. The molecule has 0 atom stereocenters. The van der Waals surface area contributed by atoms with E-state index in [1.165, 1.54) is 0 Å². The number of hydrogen-bond donors (Lipinski definition) is 0. The van der Waals surface area contributed by atoms with Gasteiger partial charge in [0, 0.05) is 7.11 Å². The normalized spacial score (nSPS) is 10.9. The summed E-state index contributed by atoms with van der Waals surface area (Å²) in [4.78, 5) is 2.22. The molecular formula is C8H19NO2. The Morgan fingerprint density at radius 1 is 1.09 bits per heavy atom. The lowest BCUT2D eigenvalue weighted by atomic mass is 10.6. The van der Waals surface area contributed by atoms with Crippen molar-refractivity contribution in [3.05, 3.63) is 0 Å². The Bertz CT molecular complexity index is 74.5. The van der Waals surface area contributed by atoms with E-state index in [-0.39, 0.29) is 0 Å². The van der Waals surface area contributed by atoms with Crippen LogP contribution in [0.5, 0.6) is 0 Å². The standard InChI is InChI=1S/C8H19NO2/c1-4-9(5-2)8-11-7-6-10-3/h4-8H2,1-3H3. The summed E-state index contributed by atoms with van der Waals surface area (Å²) in [6.45, 7) is 8.43. The zero-order chi connectivity index (χ0) is 8.53. The van der Waals surface area contributed by atoms with E-state index in [4.69, 9.17) is 9.47 Å². The van der Waals surface area contributed by atoms with Gasteiger partial charge >= 0.3 is 0 Å². The molecule has 0 aliphatic rings. The molecule has 0 aromatic rings. The molecule has 0 spiro atoms. The SMILES string of the molecule is CCN(CC)COCCOC. The average molecular weight is 161 g/mol. The molecule has 0 saturated carbocycles. The molecule has 0 aliphatic heterocycles. The van der Waals surface area contributed by atoms with Crippen molar-refractivity contribution in [2.75, 3.05) is 40.1 Å². The van der Waals surface area contributed by atoms with Crippen LogP contribution >= 0.6 is 0 Å². The predicted octanol–water partition coefficient (Wildman–Crippen LogP) is 0.949. The number of ether oxygens (including phenoxy) is 2. The van der Waals surface area contributed by atoms with Gasteiger partial charge in [-0.1, -0.05) is 13.8 Å². The van der Waals surface area contributed by atoms with Crippen LogP contribution in [0.2, 0.25) is 0 Å². The van der Waals surface area contributed by atoms with Gasteiger partial charge in [0.25, 0.3) is 0 Å². The highest BCUT2D eigenvalue weighted by Gasteiger charge is 1.96. The minimum Gasteiger partial charge on any atom is -0.382 e. The van der Waals surface area contributed by atoms with E-state index in [1.807, 2.05) is 0 Å². The second-order valence-electron chi connectivity index (χ2n) is 2.33. The van der Waals surface area contributed by atoms with Crippen LogP contribution in [-0.2, 0) is 9.47 Å². The summed E-state index contributed by atoms with van der Waals surface area (Å²) in [6.07, 6.45) is 0. The first-order chi connectivity index (χ1) is 5.35. The highest BCUT2D eigenvalue weighted by molar-refractivity contribution is 4.42. The van der Waals surface area contributed by atoms with Crippen molar-refractivity contribution >= 4 is 0 Å². The van der Waals surface area contributed by atoms with E-state index < -0.39 is 0 Å². The average Bonchev–Trinajstić information content (AvgIpc) is 2.05. The Balaban J connectivity index is 3.07. The lowest BCUT2D eigenvalue weighted by molar-refractivity contribution is 0.00736. The van der Waals surface area contributed by atoms with Crippen LogP contribution in [0.3, 0.4) is 0 Å². The van der Waals surface area contributed by atoms with E-state index in [0.29, 0.717) is 13.2 Å². The van der Waals surface area contributed by atoms with Crippen LogP contribution in [0.4, 0.5) is 0 Å². The van der Waals surface area contributed by atoms with E-state index in [9.17, 15) is 0 Å². The van der Waals surface area contributed by atoms with Gasteiger partial charge in [0.2, 0.25) is 0 Å². The zero-order valence-corrected chi connectivity index (χ0v) is 7.80. The fourth-order valence-electron chi connectivity index (χ4n) is 0.742. The first-order valence-corrected chi connectivity index (χ1v) is 4.14. The summed E-state index contributed by atoms with van der Waals surface area (Å²) in [7, 11) is 1.68. The van der Waals surface area contributed by atoms with Gasteiger partial charge in [0.15, 0.2) is 0 Å². The van der Waals surface area contributed by atoms with Crippen LogP contribution in [0.15, 0.2) is 0 Å². The predicted molar refractivity (Wildman–Crippen MR) is 45.6 cm³/mol. The molecule has 0 bridgehead atoms. The summed E-state index contributed by atoms with van der Waals surface area (Å²) in [5.41, 5.74) is 0. The first kappa shape index (κ1) is 10.9. The van der Waals surface area contributed by atoms with Gasteiger partial charge in [-0.3, -0.25) is 4.90 Å². The topological polar surface area (TPSA) is 21.7 Å². The third-order valence-corrected chi connectivity index (χ3v) is 1.60. The van der Waals surface area contributed by atoms with E-state index >= 15 is 0 Å². The third-order valence-electron chi connectivity index (χ3n) is 1.60. The molecule has 11 heavy (non-hydrogen) atoms. The third kappa shape index (κ3) is 6.28. The van der Waals surface area contributed by atoms with Crippen LogP contribution < -0.4 is 0 Å². The van der Waals surface area contributed by atoms with Gasteiger partial charge in [0.05, 0.1) is 19.9 Å². The molecule has 3 heteroatoms. The maximum absolute atomic E-state index is 5.32. The van der Waals surface area contributed by atoms with Gasteiger partial charge in [0.1, 0.15) is 0 Å². The Hall–Kier alpha value is -0.120. The van der Waals surface area contributed by atoms with Crippen molar-refractivity contribution in [3.63, 3.8) is 0 Å². The maximum Gasteiger partial charge on any atom is 0.0991 e. The number of methoxy groups -OCH3 is 1. The fourth-order valence-corrected chi connectivity index (χ4v) is 0.742. The van der Waals surface area contributed by atoms with Crippen LogP contribution in [-0.4, -0.2) is 45.0 Å². The van der Waals surface area contributed by atoms with Crippen molar-refractivity contribution in [2.45, 2.75) is 13.8 Å². The highest BCUT2D eigenvalue weighted by Crippen LogP contribution is 1.86. The van der Waals surface area contributed by atoms with Crippen LogP contribution in [0.1, 0.15) is 13.8 Å². The Kier molecular flexibility index (Phi) is 7.89. The Morgan fingerprint density at radius 3 is 2.18 bits per heavy atom. The van der Waals surface area contributed by atoms with Crippen LogP contribution in [0, 0.1) is 0 Å². The molecule has 0 rings (SSSR count). The summed E-state index contributed by atoms with van der Waals surface area (Å²) < 4.78 is 10.2. The Morgan fingerprint density at radius 2 is 1.73 bits per heavy atom. The van der Waals surface area contributed by atoms with Gasteiger partial charge in [-0.15, -0.1) is 0 Å². The zero-order valence-electron chi connectivity index (χ0n) is 7.80. The lowest BCUT2D eigenvalue weighted by Gasteiger charge is -2.17. The number of hydrogen-bond acceptors (Lipinski definition) is 3. The fraction of sp³-hybridized carbons (Fsp3) is 1.00. The molecule has 0 N–H and O–H groups in total.